The highest BCUT2D eigenvalue weighted by Gasteiger charge is 2.19. The van der Waals surface area contributed by atoms with Crippen molar-refractivity contribution in [1.29, 1.82) is 0 Å². The van der Waals surface area contributed by atoms with Gasteiger partial charge in [0.25, 0.3) is 0 Å². The van der Waals surface area contributed by atoms with Crippen LogP contribution in [0.1, 0.15) is 20.3 Å². The number of hydrogen-bond donors (Lipinski definition) is 2. The van der Waals surface area contributed by atoms with Crippen molar-refractivity contribution < 1.29 is 14.6 Å². The Kier molecular flexibility index (Phi) is 8.08. The zero-order chi connectivity index (χ0) is 10.9. The summed E-state index contributed by atoms with van der Waals surface area (Å²) < 4.78 is 10.2. The fraction of sp³-hybridized carbons (Fsp3) is 1.00. The van der Waals surface area contributed by atoms with E-state index in [-0.39, 0.29) is 0 Å². The highest BCUT2D eigenvalue weighted by atomic mass is 16.5. The van der Waals surface area contributed by atoms with Crippen LogP contribution in [-0.4, -0.2) is 50.7 Å². The molecule has 0 spiro atoms. The van der Waals surface area contributed by atoms with Crippen LogP contribution in [0.15, 0.2) is 0 Å². The lowest BCUT2D eigenvalue weighted by Crippen LogP contribution is -2.42. The van der Waals surface area contributed by atoms with E-state index < -0.39 is 5.60 Å². The summed E-state index contributed by atoms with van der Waals surface area (Å²) in [6.45, 7) is 6.83. The summed E-state index contributed by atoms with van der Waals surface area (Å²) in [5.74, 6) is 0. The molecular formula is C10H23NO3. The van der Waals surface area contributed by atoms with Crippen LogP contribution in [0.5, 0.6) is 0 Å². The molecule has 0 aromatic heterocycles. The Morgan fingerprint density at radius 2 is 2.07 bits per heavy atom. The van der Waals surface area contributed by atoms with Gasteiger partial charge in [-0.25, -0.2) is 0 Å². The molecule has 86 valence electrons. The molecule has 0 heterocycles. The van der Waals surface area contributed by atoms with Gasteiger partial charge >= 0.3 is 0 Å². The van der Waals surface area contributed by atoms with E-state index in [9.17, 15) is 5.11 Å². The first kappa shape index (κ1) is 13.8. The van der Waals surface area contributed by atoms with Crippen LogP contribution in [0.3, 0.4) is 0 Å². The predicted molar refractivity (Wildman–Crippen MR) is 56.5 cm³/mol. The minimum atomic E-state index is -0.789. The molecule has 0 amide bonds. The smallest absolute Gasteiger partial charge is 0.0975 e. The molecule has 4 heteroatoms. The van der Waals surface area contributed by atoms with Crippen LogP contribution in [0.2, 0.25) is 0 Å². The number of ether oxygens (including phenoxy) is 2. The van der Waals surface area contributed by atoms with Crippen molar-refractivity contribution in [2.45, 2.75) is 25.9 Å². The molecule has 0 saturated carbocycles. The van der Waals surface area contributed by atoms with E-state index in [2.05, 4.69) is 5.32 Å². The van der Waals surface area contributed by atoms with Crippen molar-refractivity contribution in [3.8, 4) is 0 Å². The third-order valence-electron chi connectivity index (χ3n) is 1.75. The molecule has 0 radical (unpaired) electrons. The van der Waals surface area contributed by atoms with Gasteiger partial charge in [0.2, 0.25) is 0 Å². The van der Waals surface area contributed by atoms with Crippen molar-refractivity contribution in [3.63, 3.8) is 0 Å². The summed E-state index contributed by atoms with van der Waals surface area (Å²) in [5, 5.41) is 12.9. The molecule has 0 saturated heterocycles. The third kappa shape index (κ3) is 8.44. The summed E-state index contributed by atoms with van der Waals surface area (Å²) in [4.78, 5) is 0. The van der Waals surface area contributed by atoms with Gasteiger partial charge in [-0.2, -0.15) is 0 Å². The molecule has 0 aromatic rings. The van der Waals surface area contributed by atoms with Gasteiger partial charge in [-0.1, -0.05) is 6.92 Å². The third-order valence-corrected chi connectivity index (χ3v) is 1.75. The minimum Gasteiger partial charge on any atom is -0.386 e. The van der Waals surface area contributed by atoms with Gasteiger partial charge in [0.05, 0.1) is 18.8 Å². The zero-order valence-corrected chi connectivity index (χ0v) is 9.51. The lowest BCUT2D eigenvalue weighted by molar-refractivity contribution is -0.0325. The standard InChI is InChI=1S/C10H23NO3/c1-4-6-14-9-10(2,12)8-11-5-7-13-3/h11-12H,4-9H2,1-3H3. The largest absolute Gasteiger partial charge is 0.386 e. The van der Waals surface area contributed by atoms with E-state index in [4.69, 9.17) is 9.47 Å². The zero-order valence-electron chi connectivity index (χ0n) is 9.51. The number of aliphatic hydroxyl groups is 1. The van der Waals surface area contributed by atoms with Crippen LogP contribution in [0, 0.1) is 0 Å². The quantitative estimate of drug-likeness (QED) is 0.535. The molecule has 4 nitrogen and oxygen atoms in total. The Morgan fingerprint density at radius 1 is 1.36 bits per heavy atom. The summed E-state index contributed by atoms with van der Waals surface area (Å²) in [6, 6.07) is 0. The van der Waals surface area contributed by atoms with Crippen molar-refractivity contribution >= 4 is 0 Å². The molecule has 1 unspecified atom stereocenters. The SMILES string of the molecule is CCCOCC(C)(O)CNCCOC. The molecule has 14 heavy (non-hydrogen) atoms. The van der Waals surface area contributed by atoms with Crippen LogP contribution in [0.25, 0.3) is 0 Å². The van der Waals surface area contributed by atoms with E-state index >= 15 is 0 Å². The molecule has 0 bridgehead atoms. The van der Waals surface area contributed by atoms with Crippen LogP contribution >= 0.6 is 0 Å². The summed E-state index contributed by atoms with van der Waals surface area (Å²) in [6.07, 6.45) is 0.979. The highest BCUT2D eigenvalue weighted by Crippen LogP contribution is 2.02. The Hall–Kier alpha value is -0.160. The van der Waals surface area contributed by atoms with Crippen molar-refractivity contribution in [2.24, 2.45) is 0 Å². The number of hydrogen-bond acceptors (Lipinski definition) is 4. The van der Waals surface area contributed by atoms with E-state index in [0.717, 1.165) is 13.0 Å². The van der Waals surface area contributed by atoms with Gasteiger partial charge in [-0.3, -0.25) is 0 Å². The summed E-state index contributed by atoms with van der Waals surface area (Å²) in [7, 11) is 1.66. The summed E-state index contributed by atoms with van der Waals surface area (Å²) >= 11 is 0. The topological polar surface area (TPSA) is 50.7 Å². The maximum Gasteiger partial charge on any atom is 0.0975 e. The molecule has 0 aliphatic carbocycles. The fourth-order valence-electron chi connectivity index (χ4n) is 1.02. The highest BCUT2D eigenvalue weighted by molar-refractivity contribution is 4.74. The Bertz CT molecular complexity index is 129. The monoisotopic (exact) mass is 205 g/mol. The maximum absolute atomic E-state index is 9.81. The second kappa shape index (κ2) is 8.17. The number of rotatable bonds is 9. The van der Waals surface area contributed by atoms with Crippen LogP contribution in [0.4, 0.5) is 0 Å². The van der Waals surface area contributed by atoms with E-state index in [0.29, 0.717) is 26.4 Å². The van der Waals surface area contributed by atoms with Gasteiger partial charge in [-0.15, -0.1) is 0 Å². The Balaban J connectivity index is 3.40. The normalized spacial score (nSPS) is 15.4. The Morgan fingerprint density at radius 3 is 2.64 bits per heavy atom. The molecule has 0 fully saturated rings. The molecule has 1 atom stereocenters. The molecule has 0 rings (SSSR count). The number of nitrogens with one attached hydrogen (secondary N) is 1. The molecule has 0 aliphatic rings. The first-order valence-corrected chi connectivity index (χ1v) is 5.12. The average Bonchev–Trinajstić information content (AvgIpc) is 2.13. The lowest BCUT2D eigenvalue weighted by atomic mass is 10.1. The van der Waals surface area contributed by atoms with Gasteiger partial charge in [0.1, 0.15) is 0 Å². The minimum absolute atomic E-state index is 0.376. The maximum atomic E-state index is 9.81. The van der Waals surface area contributed by atoms with E-state index in [1.807, 2.05) is 6.92 Å². The molecular weight excluding hydrogens is 182 g/mol. The first-order chi connectivity index (χ1) is 6.62. The van der Waals surface area contributed by atoms with E-state index in [1.54, 1.807) is 14.0 Å². The summed E-state index contributed by atoms with van der Waals surface area (Å²) in [5.41, 5.74) is -0.789. The fourth-order valence-corrected chi connectivity index (χ4v) is 1.02. The van der Waals surface area contributed by atoms with E-state index in [1.165, 1.54) is 0 Å². The van der Waals surface area contributed by atoms with Crippen molar-refractivity contribution in [3.05, 3.63) is 0 Å². The van der Waals surface area contributed by atoms with Gasteiger partial charge < -0.3 is 19.9 Å². The Labute approximate surface area is 86.6 Å². The second-order valence-corrected chi connectivity index (χ2v) is 3.72. The molecule has 0 aromatic carbocycles. The second-order valence-electron chi connectivity index (χ2n) is 3.72. The molecule has 0 aliphatic heterocycles. The molecule has 2 N–H and O–H groups in total. The average molecular weight is 205 g/mol. The van der Waals surface area contributed by atoms with Gasteiger partial charge in [0, 0.05) is 26.8 Å². The van der Waals surface area contributed by atoms with Gasteiger partial charge in [-0.05, 0) is 13.3 Å². The van der Waals surface area contributed by atoms with Crippen LogP contribution < -0.4 is 5.32 Å². The van der Waals surface area contributed by atoms with Crippen LogP contribution in [-0.2, 0) is 9.47 Å². The van der Waals surface area contributed by atoms with Crippen molar-refractivity contribution in [2.75, 3.05) is 40.0 Å². The van der Waals surface area contributed by atoms with Gasteiger partial charge in [0.15, 0.2) is 0 Å². The number of methoxy groups -OCH3 is 1. The first-order valence-electron chi connectivity index (χ1n) is 5.12. The lowest BCUT2D eigenvalue weighted by Gasteiger charge is -2.23. The predicted octanol–water partition coefficient (Wildman–Crippen LogP) is 0.400. The van der Waals surface area contributed by atoms with Crippen molar-refractivity contribution in [1.82, 2.24) is 5.32 Å².